The van der Waals surface area contributed by atoms with Crippen molar-refractivity contribution in [2.45, 2.75) is 38.6 Å². The molecule has 0 bridgehead atoms. The Hall–Kier alpha value is -0.130. The van der Waals surface area contributed by atoms with E-state index in [0.29, 0.717) is 12.8 Å². The van der Waals surface area contributed by atoms with Gasteiger partial charge in [-0.2, -0.15) is 0 Å². The van der Waals surface area contributed by atoms with Gasteiger partial charge in [0.15, 0.2) is 9.84 Å². The maximum absolute atomic E-state index is 11.7. The van der Waals surface area contributed by atoms with Crippen molar-refractivity contribution < 1.29 is 13.5 Å². The monoisotopic (exact) mass is 235 g/mol. The summed E-state index contributed by atoms with van der Waals surface area (Å²) >= 11 is 0. The molecular formula is C10H21NO3S. The molecule has 0 aromatic heterocycles. The number of hydrogen-bond donors (Lipinski definition) is 2. The quantitative estimate of drug-likeness (QED) is 0.737. The van der Waals surface area contributed by atoms with E-state index in [2.05, 4.69) is 0 Å². The first-order valence-electron chi connectivity index (χ1n) is 5.33. The van der Waals surface area contributed by atoms with Crippen molar-refractivity contribution in [3.8, 4) is 0 Å². The molecule has 3 N–H and O–H groups in total. The third kappa shape index (κ3) is 2.71. The van der Waals surface area contributed by atoms with Gasteiger partial charge in [-0.15, -0.1) is 0 Å². The van der Waals surface area contributed by atoms with Gasteiger partial charge < -0.3 is 10.8 Å². The Morgan fingerprint density at radius 2 is 2.07 bits per heavy atom. The molecule has 1 saturated heterocycles. The summed E-state index contributed by atoms with van der Waals surface area (Å²) < 4.78 is 23.3. The lowest BCUT2D eigenvalue weighted by Crippen LogP contribution is -2.56. The lowest BCUT2D eigenvalue weighted by atomic mass is 9.68. The van der Waals surface area contributed by atoms with Crippen LogP contribution in [0.1, 0.15) is 33.1 Å². The molecule has 1 aliphatic rings. The summed E-state index contributed by atoms with van der Waals surface area (Å²) in [6.45, 7) is 3.70. The molecule has 1 aliphatic heterocycles. The Kier molecular flexibility index (Phi) is 3.48. The molecule has 0 saturated carbocycles. The fraction of sp³-hybridized carbons (Fsp3) is 1.00. The van der Waals surface area contributed by atoms with Gasteiger partial charge >= 0.3 is 0 Å². The molecule has 4 nitrogen and oxygen atoms in total. The second-order valence-electron chi connectivity index (χ2n) is 5.17. The number of nitrogens with two attached hydrogens (primary N) is 1. The van der Waals surface area contributed by atoms with E-state index in [9.17, 15) is 8.42 Å². The van der Waals surface area contributed by atoms with Crippen LogP contribution in [0, 0.1) is 5.41 Å². The minimum Gasteiger partial charge on any atom is -0.396 e. The Bertz CT molecular complexity index is 314. The van der Waals surface area contributed by atoms with Crippen molar-refractivity contribution in [1.82, 2.24) is 0 Å². The van der Waals surface area contributed by atoms with Crippen molar-refractivity contribution in [2.24, 2.45) is 11.1 Å². The number of sulfone groups is 1. The number of aliphatic hydroxyl groups is 1. The van der Waals surface area contributed by atoms with Crippen LogP contribution in [-0.2, 0) is 9.84 Å². The van der Waals surface area contributed by atoms with Gasteiger partial charge in [0.25, 0.3) is 0 Å². The van der Waals surface area contributed by atoms with Gasteiger partial charge in [0.05, 0.1) is 11.5 Å². The van der Waals surface area contributed by atoms with Crippen molar-refractivity contribution >= 4 is 9.84 Å². The second-order valence-corrected chi connectivity index (χ2v) is 7.36. The molecule has 0 aromatic carbocycles. The Labute approximate surface area is 91.8 Å². The second kappa shape index (κ2) is 4.03. The van der Waals surface area contributed by atoms with Gasteiger partial charge in [-0.05, 0) is 33.1 Å². The summed E-state index contributed by atoms with van der Waals surface area (Å²) in [7, 11) is -2.99. The van der Waals surface area contributed by atoms with Gasteiger partial charge in [-0.25, -0.2) is 8.42 Å². The predicted molar refractivity (Wildman–Crippen MR) is 60.3 cm³/mol. The van der Waals surface area contributed by atoms with Gasteiger partial charge in [0.1, 0.15) is 0 Å². The van der Waals surface area contributed by atoms with E-state index in [1.54, 1.807) is 0 Å². The van der Waals surface area contributed by atoms with E-state index >= 15 is 0 Å². The molecule has 0 spiro atoms. The van der Waals surface area contributed by atoms with Crippen LogP contribution < -0.4 is 5.73 Å². The highest BCUT2D eigenvalue weighted by atomic mass is 32.2. The van der Waals surface area contributed by atoms with Crippen LogP contribution in [0.4, 0.5) is 0 Å². The van der Waals surface area contributed by atoms with Crippen LogP contribution in [0.15, 0.2) is 0 Å². The molecular weight excluding hydrogens is 214 g/mol. The summed E-state index contributed by atoms with van der Waals surface area (Å²) in [5, 5.41) is 9.07. The first-order chi connectivity index (χ1) is 6.72. The van der Waals surface area contributed by atoms with Gasteiger partial charge in [-0.3, -0.25) is 0 Å². The third-order valence-electron chi connectivity index (χ3n) is 3.56. The maximum atomic E-state index is 11.7. The summed E-state index contributed by atoms with van der Waals surface area (Å²) in [6, 6.07) is 0. The number of aliphatic hydroxyl groups excluding tert-OH is 1. The van der Waals surface area contributed by atoms with Crippen molar-refractivity contribution in [3.63, 3.8) is 0 Å². The summed E-state index contributed by atoms with van der Waals surface area (Å²) in [6.07, 6.45) is 1.91. The Morgan fingerprint density at radius 1 is 1.47 bits per heavy atom. The lowest BCUT2D eigenvalue weighted by Gasteiger charge is -2.46. The van der Waals surface area contributed by atoms with Crippen molar-refractivity contribution in [2.75, 3.05) is 18.1 Å². The Morgan fingerprint density at radius 3 is 2.47 bits per heavy atom. The summed E-state index contributed by atoms with van der Waals surface area (Å²) in [4.78, 5) is 0. The Balaban J connectivity index is 3.01. The molecule has 0 amide bonds. The highest BCUT2D eigenvalue weighted by molar-refractivity contribution is 7.91. The number of hydrogen-bond acceptors (Lipinski definition) is 4. The van der Waals surface area contributed by atoms with Crippen molar-refractivity contribution in [3.05, 3.63) is 0 Å². The van der Waals surface area contributed by atoms with Crippen LogP contribution in [-0.4, -0.2) is 37.2 Å². The summed E-state index contributed by atoms with van der Waals surface area (Å²) in [5.41, 5.74) is 5.05. The van der Waals surface area contributed by atoms with Crippen LogP contribution in [0.5, 0.6) is 0 Å². The van der Waals surface area contributed by atoms with E-state index in [1.807, 2.05) is 13.8 Å². The smallest absolute Gasteiger partial charge is 0.150 e. The lowest BCUT2D eigenvalue weighted by molar-refractivity contribution is 0.107. The molecule has 1 unspecified atom stereocenters. The highest BCUT2D eigenvalue weighted by Gasteiger charge is 2.47. The molecule has 1 fully saturated rings. The zero-order chi connectivity index (χ0) is 11.7. The fourth-order valence-corrected chi connectivity index (χ4v) is 4.67. The van der Waals surface area contributed by atoms with E-state index in [1.165, 1.54) is 0 Å². The number of rotatable bonds is 3. The topological polar surface area (TPSA) is 80.4 Å². The zero-order valence-corrected chi connectivity index (χ0v) is 10.3. The third-order valence-corrected chi connectivity index (χ3v) is 5.47. The normalized spacial score (nSPS) is 31.5. The standard InChI is InChI=1S/C10H21NO3S/c1-9(2,11)10(5-6-12)4-3-7-15(13,14)8-10/h12H,3-8,11H2,1-2H3. The molecule has 5 heteroatoms. The molecule has 1 heterocycles. The average Bonchev–Trinajstić information content (AvgIpc) is 2.00. The average molecular weight is 235 g/mol. The van der Waals surface area contributed by atoms with E-state index in [-0.39, 0.29) is 18.1 Å². The molecule has 0 aromatic rings. The molecule has 90 valence electrons. The maximum Gasteiger partial charge on any atom is 0.150 e. The molecule has 1 rings (SSSR count). The predicted octanol–water partition coefficient (Wildman–Crippen LogP) is 0.301. The first kappa shape index (κ1) is 12.9. The van der Waals surface area contributed by atoms with Crippen LogP contribution in [0.2, 0.25) is 0 Å². The minimum atomic E-state index is -2.99. The highest BCUT2D eigenvalue weighted by Crippen LogP contribution is 2.42. The van der Waals surface area contributed by atoms with Gasteiger partial charge in [-0.1, -0.05) is 0 Å². The van der Waals surface area contributed by atoms with E-state index < -0.39 is 20.8 Å². The largest absolute Gasteiger partial charge is 0.396 e. The first-order valence-corrected chi connectivity index (χ1v) is 7.15. The van der Waals surface area contributed by atoms with Crippen LogP contribution in [0.3, 0.4) is 0 Å². The molecule has 0 radical (unpaired) electrons. The molecule has 0 aliphatic carbocycles. The molecule has 15 heavy (non-hydrogen) atoms. The van der Waals surface area contributed by atoms with Gasteiger partial charge in [0.2, 0.25) is 0 Å². The van der Waals surface area contributed by atoms with Crippen LogP contribution in [0.25, 0.3) is 0 Å². The van der Waals surface area contributed by atoms with E-state index in [0.717, 1.165) is 6.42 Å². The van der Waals surface area contributed by atoms with Gasteiger partial charge in [0, 0.05) is 17.6 Å². The SMILES string of the molecule is CC(C)(N)C1(CCO)CCCS(=O)(=O)C1. The van der Waals surface area contributed by atoms with Crippen molar-refractivity contribution in [1.29, 1.82) is 0 Å². The zero-order valence-electron chi connectivity index (χ0n) is 9.49. The van der Waals surface area contributed by atoms with Crippen LogP contribution >= 0.6 is 0 Å². The minimum absolute atomic E-state index is 0.00382. The summed E-state index contributed by atoms with van der Waals surface area (Å²) in [5.74, 6) is 0.375. The van der Waals surface area contributed by atoms with E-state index in [4.69, 9.17) is 10.8 Å². The fourth-order valence-electron chi connectivity index (χ4n) is 2.44. The molecule has 1 atom stereocenters.